The second-order valence-corrected chi connectivity index (χ2v) is 8.75. The average molecular weight is 482 g/mol. The summed E-state index contributed by atoms with van der Waals surface area (Å²) >= 11 is 1.18. The number of nitrogens with one attached hydrogen (secondary N) is 2. The van der Waals surface area contributed by atoms with Crippen LogP contribution in [0, 0.1) is 13.8 Å². The quantitative estimate of drug-likeness (QED) is 0.483. The van der Waals surface area contributed by atoms with Crippen molar-refractivity contribution in [3.05, 3.63) is 51.9 Å². The van der Waals surface area contributed by atoms with Gasteiger partial charge in [-0.15, -0.1) is 11.3 Å². The molecular formula is C21H21F3N4O4S. The number of aromatic nitrogens is 2. The van der Waals surface area contributed by atoms with Gasteiger partial charge in [0.05, 0.1) is 24.5 Å². The van der Waals surface area contributed by atoms with Crippen LogP contribution in [-0.4, -0.2) is 34.4 Å². The number of rotatable bonds is 5. The average Bonchev–Trinajstić information content (AvgIpc) is 3.46. The summed E-state index contributed by atoms with van der Waals surface area (Å²) in [5, 5.41) is 9.75. The summed E-state index contributed by atoms with van der Waals surface area (Å²) in [6.45, 7) is 5.35. The van der Waals surface area contributed by atoms with E-state index in [9.17, 15) is 22.8 Å². The van der Waals surface area contributed by atoms with E-state index in [-0.39, 0.29) is 35.1 Å². The summed E-state index contributed by atoms with van der Waals surface area (Å²) in [6.07, 6.45) is -3.54. The smallest absolute Gasteiger partial charge is 0.410 e. The van der Waals surface area contributed by atoms with Gasteiger partial charge >= 0.3 is 12.1 Å². The molecule has 0 spiro atoms. The van der Waals surface area contributed by atoms with Gasteiger partial charge in [0.15, 0.2) is 11.7 Å². The Balaban J connectivity index is 1.64. The Morgan fingerprint density at radius 1 is 1.39 bits per heavy atom. The molecule has 0 aromatic carbocycles. The molecule has 1 aliphatic heterocycles. The minimum atomic E-state index is -4.58. The Labute approximate surface area is 190 Å². The van der Waals surface area contributed by atoms with Gasteiger partial charge in [0.2, 0.25) is 0 Å². The number of ether oxygens (including phenoxy) is 1. The van der Waals surface area contributed by atoms with Crippen LogP contribution in [0.3, 0.4) is 0 Å². The third-order valence-electron chi connectivity index (χ3n) is 5.40. The standard InChI is InChI=1S/C21H21F3N4O4S/c1-4-31-20(30)17-10(2)11(3)33-19(17)26-18(29)13-9-16-25-12(14-6-5-7-32-14)8-15(21(22,23)24)28(16)27-13/h5-7,9,12,15,25H,4,8H2,1-3H3,(H,26,29)/t12-,15-/m0/s1. The maximum atomic E-state index is 13.8. The number of amides is 1. The molecule has 1 amide bonds. The van der Waals surface area contributed by atoms with Gasteiger partial charge in [-0.2, -0.15) is 18.3 Å². The van der Waals surface area contributed by atoms with Crippen molar-refractivity contribution < 1.29 is 31.9 Å². The normalized spacial score (nSPS) is 17.9. The Kier molecular flexibility index (Phi) is 5.95. The van der Waals surface area contributed by atoms with Crippen LogP contribution < -0.4 is 10.6 Å². The summed E-state index contributed by atoms with van der Waals surface area (Å²) in [7, 11) is 0. The summed E-state index contributed by atoms with van der Waals surface area (Å²) < 4.78 is 52.5. The first-order valence-corrected chi connectivity index (χ1v) is 11.0. The molecule has 0 saturated carbocycles. The Morgan fingerprint density at radius 3 is 2.79 bits per heavy atom. The fourth-order valence-electron chi connectivity index (χ4n) is 3.69. The van der Waals surface area contributed by atoms with E-state index in [1.807, 2.05) is 0 Å². The van der Waals surface area contributed by atoms with Crippen LogP contribution in [0.2, 0.25) is 0 Å². The van der Waals surface area contributed by atoms with E-state index in [0.717, 1.165) is 9.56 Å². The number of carbonyl (C=O) groups is 2. The summed E-state index contributed by atoms with van der Waals surface area (Å²) in [4.78, 5) is 26.0. The Hall–Kier alpha value is -3.28. The van der Waals surface area contributed by atoms with Gasteiger partial charge in [-0.1, -0.05) is 0 Å². The fraction of sp³-hybridized carbons (Fsp3) is 0.381. The van der Waals surface area contributed by atoms with E-state index < -0.39 is 30.1 Å². The molecule has 2 N–H and O–H groups in total. The third kappa shape index (κ3) is 4.34. The summed E-state index contributed by atoms with van der Waals surface area (Å²) in [5.74, 6) is -0.926. The van der Waals surface area contributed by atoms with Crippen molar-refractivity contribution in [2.24, 2.45) is 0 Å². The number of carbonyl (C=O) groups excluding carboxylic acids is 2. The highest BCUT2D eigenvalue weighted by Gasteiger charge is 2.47. The Morgan fingerprint density at radius 2 is 2.15 bits per heavy atom. The summed E-state index contributed by atoms with van der Waals surface area (Å²) in [6, 6.07) is 1.76. The third-order valence-corrected chi connectivity index (χ3v) is 6.52. The van der Waals surface area contributed by atoms with E-state index in [4.69, 9.17) is 9.15 Å². The van der Waals surface area contributed by atoms with Crippen LogP contribution in [0.25, 0.3) is 0 Å². The highest BCUT2D eigenvalue weighted by molar-refractivity contribution is 7.16. The number of aryl methyl sites for hydroxylation is 1. The van der Waals surface area contributed by atoms with Gasteiger partial charge in [-0.3, -0.25) is 4.79 Å². The number of hydrogen-bond donors (Lipinski definition) is 2. The number of hydrogen-bond acceptors (Lipinski definition) is 7. The lowest BCUT2D eigenvalue weighted by Crippen LogP contribution is -2.35. The van der Waals surface area contributed by atoms with Crippen LogP contribution in [0.5, 0.6) is 0 Å². The van der Waals surface area contributed by atoms with Crippen molar-refractivity contribution in [2.75, 3.05) is 17.2 Å². The first-order chi connectivity index (χ1) is 15.6. The molecule has 0 radical (unpaired) electrons. The molecule has 4 heterocycles. The predicted octanol–water partition coefficient (Wildman–Crippen LogP) is 5.24. The van der Waals surface area contributed by atoms with Crippen molar-refractivity contribution in [1.82, 2.24) is 9.78 Å². The van der Waals surface area contributed by atoms with Crippen molar-refractivity contribution in [2.45, 2.75) is 45.5 Å². The van der Waals surface area contributed by atoms with Crippen LogP contribution >= 0.6 is 11.3 Å². The van der Waals surface area contributed by atoms with Crippen LogP contribution in [0.1, 0.15) is 62.5 Å². The lowest BCUT2D eigenvalue weighted by atomic mass is 10.0. The number of alkyl halides is 3. The van der Waals surface area contributed by atoms with Crippen LogP contribution in [0.4, 0.5) is 24.0 Å². The van der Waals surface area contributed by atoms with E-state index in [0.29, 0.717) is 11.3 Å². The topological polar surface area (TPSA) is 98.4 Å². The van der Waals surface area contributed by atoms with Gasteiger partial charge in [0.25, 0.3) is 5.91 Å². The number of esters is 1. The number of halogens is 3. The number of fused-ring (bicyclic) bond motifs is 1. The number of thiophene rings is 1. The van der Waals surface area contributed by atoms with Crippen molar-refractivity contribution >= 4 is 34.0 Å². The number of nitrogens with zero attached hydrogens (tertiary/aromatic N) is 2. The van der Waals surface area contributed by atoms with Crippen LogP contribution in [-0.2, 0) is 4.74 Å². The Bertz CT molecular complexity index is 1180. The molecule has 0 aliphatic carbocycles. The zero-order valence-corrected chi connectivity index (χ0v) is 18.8. The molecule has 2 atom stereocenters. The summed E-state index contributed by atoms with van der Waals surface area (Å²) in [5.41, 5.74) is 0.671. The molecule has 0 unspecified atom stereocenters. The zero-order chi connectivity index (χ0) is 23.9. The monoisotopic (exact) mass is 482 g/mol. The van der Waals surface area contributed by atoms with Gasteiger partial charge in [0, 0.05) is 17.4 Å². The molecule has 0 bridgehead atoms. The molecule has 33 heavy (non-hydrogen) atoms. The SMILES string of the molecule is CCOC(=O)c1c(NC(=O)c2cc3n(n2)[C@H](C(F)(F)F)C[C@@H](c2ccco2)N3)sc(C)c1C. The lowest BCUT2D eigenvalue weighted by molar-refractivity contribution is -0.174. The van der Waals surface area contributed by atoms with Crippen molar-refractivity contribution in [1.29, 1.82) is 0 Å². The number of anilines is 2. The highest BCUT2D eigenvalue weighted by atomic mass is 32.1. The van der Waals surface area contributed by atoms with Gasteiger partial charge in [-0.05, 0) is 38.5 Å². The predicted molar refractivity (Wildman–Crippen MR) is 115 cm³/mol. The molecule has 3 aromatic rings. The second-order valence-electron chi connectivity index (χ2n) is 7.53. The molecule has 0 fully saturated rings. The first kappa shape index (κ1) is 22.9. The van der Waals surface area contributed by atoms with Gasteiger partial charge in [0.1, 0.15) is 16.6 Å². The van der Waals surface area contributed by atoms with Gasteiger partial charge in [-0.25, -0.2) is 9.48 Å². The fourth-order valence-corrected chi connectivity index (χ4v) is 4.74. The minimum Gasteiger partial charge on any atom is -0.467 e. The van der Waals surface area contributed by atoms with Crippen molar-refractivity contribution in [3.63, 3.8) is 0 Å². The lowest BCUT2D eigenvalue weighted by Gasteiger charge is -2.32. The molecule has 12 heteroatoms. The molecule has 1 aliphatic rings. The van der Waals surface area contributed by atoms with E-state index in [1.165, 1.54) is 23.7 Å². The maximum Gasteiger partial charge on any atom is 0.410 e. The van der Waals surface area contributed by atoms with E-state index in [2.05, 4.69) is 15.7 Å². The highest BCUT2D eigenvalue weighted by Crippen LogP contribution is 2.44. The molecular weight excluding hydrogens is 461 g/mol. The zero-order valence-electron chi connectivity index (χ0n) is 17.9. The molecule has 8 nitrogen and oxygen atoms in total. The van der Waals surface area contributed by atoms with E-state index >= 15 is 0 Å². The van der Waals surface area contributed by atoms with Crippen LogP contribution in [0.15, 0.2) is 28.9 Å². The minimum absolute atomic E-state index is 0.0410. The second kappa shape index (κ2) is 8.58. The molecule has 4 rings (SSSR count). The number of furan rings is 1. The van der Waals surface area contributed by atoms with Crippen molar-refractivity contribution in [3.8, 4) is 0 Å². The largest absolute Gasteiger partial charge is 0.467 e. The van der Waals surface area contributed by atoms with Gasteiger partial charge < -0.3 is 19.8 Å². The maximum absolute atomic E-state index is 13.8. The molecule has 3 aromatic heterocycles. The van der Waals surface area contributed by atoms with E-state index in [1.54, 1.807) is 32.9 Å². The first-order valence-electron chi connectivity index (χ1n) is 10.1. The molecule has 0 saturated heterocycles. The molecule has 176 valence electrons.